The fourth-order valence-electron chi connectivity index (χ4n) is 2.87. The number of anilines is 1. The lowest BCUT2D eigenvalue weighted by Gasteiger charge is -2.34. The van der Waals surface area contributed by atoms with Crippen LogP contribution >= 0.6 is 23.1 Å². The van der Waals surface area contributed by atoms with Crippen molar-refractivity contribution in [1.82, 2.24) is 20.4 Å². The predicted octanol–water partition coefficient (Wildman–Crippen LogP) is 1.60. The lowest BCUT2D eigenvalue weighted by atomic mass is 10.3. The maximum Gasteiger partial charge on any atom is 0.230 e. The topological polar surface area (TPSA) is 91.6 Å². The van der Waals surface area contributed by atoms with E-state index in [-0.39, 0.29) is 11.8 Å². The largest absolute Gasteiger partial charge is 0.467 e. The number of nitrogens with one attached hydrogen (secondary N) is 1. The molecule has 144 valence electrons. The molecule has 0 unspecified atom stereocenters. The van der Waals surface area contributed by atoms with Gasteiger partial charge in [0.2, 0.25) is 16.9 Å². The van der Waals surface area contributed by atoms with Crippen LogP contribution in [0.3, 0.4) is 0 Å². The molecule has 10 heteroatoms. The first-order valence-electron chi connectivity index (χ1n) is 8.98. The van der Waals surface area contributed by atoms with Gasteiger partial charge in [-0.25, -0.2) is 0 Å². The fraction of sp³-hybridized carbons (Fsp3) is 0.529. The van der Waals surface area contributed by atoms with Gasteiger partial charge in [-0.3, -0.25) is 9.59 Å². The summed E-state index contributed by atoms with van der Waals surface area (Å²) < 4.78 is 5.96. The zero-order chi connectivity index (χ0) is 18.6. The summed E-state index contributed by atoms with van der Waals surface area (Å²) in [6.07, 6.45) is 3.68. The fourth-order valence-corrected chi connectivity index (χ4v) is 4.59. The molecule has 8 nitrogen and oxygen atoms in total. The monoisotopic (exact) mass is 407 g/mol. The lowest BCUT2D eigenvalue weighted by molar-refractivity contribution is -0.132. The van der Waals surface area contributed by atoms with Crippen LogP contribution in [0.2, 0.25) is 0 Å². The molecule has 1 saturated heterocycles. The van der Waals surface area contributed by atoms with E-state index >= 15 is 0 Å². The van der Waals surface area contributed by atoms with Crippen LogP contribution in [0.15, 0.2) is 27.2 Å². The smallest absolute Gasteiger partial charge is 0.230 e. The molecule has 3 heterocycles. The lowest BCUT2D eigenvalue weighted by Crippen LogP contribution is -2.49. The normalized spacial score (nSPS) is 17.2. The highest BCUT2D eigenvalue weighted by Crippen LogP contribution is 2.32. The number of hydrogen-bond acceptors (Lipinski definition) is 8. The first-order chi connectivity index (χ1) is 13.2. The standard InChI is InChI=1S/C17H21N5O3S2/c23-14(18-10-13-2-1-9-25-13)11-26-17-20-19-16(27-17)22-7-5-21(6-8-22)15(24)12-3-4-12/h1-2,9,12H,3-8,10-11H2,(H,18,23). The molecule has 0 spiro atoms. The van der Waals surface area contributed by atoms with Gasteiger partial charge in [-0.15, -0.1) is 10.2 Å². The molecule has 1 aliphatic heterocycles. The predicted molar refractivity (Wildman–Crippen MR) is 103 cm³/mol. The van der Waals surface area contributed by atoms with Crippen LogP contribution < -0.4 is 10.2 Å². The Balaban J connectivity index is 1.20. The van der Waals surface area contributed by atoms with Gasteiger partial charge in [0.1, 0.15) is 5.76 Å². The number of nitrogens with zero attached hydrogens (tertiary/aromatic N) is 4. The summed E-state index contributed by atoms with van der Waals surface area (Å²) in [6.45, 7) is 3.43. The molecule has 0 atom stereocenters. The van der Waals surface area contributed by atoms with Crippen LogP contribution in [-0.2, 0) is 16.1 Å². The highest BCUT2D eigenvalue weighted by molar-refractivity contribution is 8.01. The molecule has 4 rings (SSSR count). The average molecular weight is 408 g/mol. The number of piperazine rings is 1. The van der Waals surface area contributed by atoms with E-state index in [1.165, 1.54) is 23.1 Å². The maximum atomic E-state index is 12.1. The number of hydrogen-bond donors (Lipinski definition) is 1. The average Bonchev–Trinajstić information content (AvgIpc) is 3.21. The Morgan fingerprint density at radius 1 is 1.26 bits per heavy atom. The van der Waals surface area contributed by atoms with E-state index in [4.69, 9.17) is 4.42 Å². The number of furan rings is 1. The molecule has 1 aliphatic carbocycles. The number of amides is 2. The van der Waals surface area contributed by atoms with E-state index in [2.05, 4.69) is 20.4 Å². The number of carbonyl (C=O) groups is 2. The van der Waals surface area contributed by atoms with E-state index in [0.717, 1.165) is 54.3 Å². The molecule has 0 aromatic carbocycles. The van der Waals surface area contributed by atoms with Gasteiger partial charge >= 0.3 is 0 Å². The van der Waals surface area contributed by atoms with Crippen molar-refractivity contribution in [2.24, 2.45) is 5.92 Å². The first kappa shape index (κ1) is 18.3. The van der Waals surface area contributed by atoms with Crippen LogP contribution in [0, 0.1) is 5.92 Å². The quantitative estimate of drug-likeness (QED) is 0.697. The number of carbonyl (C=O) groups excluding carboxylic acids is 2. The van der Waals surface area contributed by atoms with Crippen molar-refractivity contribution in [3.63, 3.8) is 0 Å². The van der Waals surface area contributed by atoms with E-state index in [1.807, 2.05) is 11.0 Å². The second kappa shape index (κ2) is 8.30. The third-order valence-electron chi connectivity index (χ3n) is 4.55. The number of thioether (sulfide) groups is 1. The summed E-state index contributed by atoms with van der Waals surface area (Å²) in [4.78, 5) is 28.2. The van der Waals surface area contributed by atoms with Crippen molar-refractivity contribution in [2.45, 2.75) is 23.7 Å². The van der Waals surface area contributed by atoms with Crippen LogP contribution in [0.1, 0.15) is 18.6 Å². The zero-order valence-corrected chi connectivity index (χ0v) is 16.4. The summed E-state index contributed by atoms with van der Waals surface area (Å²) in [5, 5.41) is 12.1. The van der Waals surface area contributed by atoms with Gasteiger partial charge in [0.25, 0.3) is 0 Å². The van der Waals surface area contributed by atoms with Crippen molar-refractivity contribution in [2.75, 3.05) is 36.8 Å². The van der Waals surface area contributed by atoms with Gasteiger partial charge in [-0.2, -0.15) is 0 Å². The maximum absolute atomic E-state index is 12.1. The molecular formula is C17H21N5O3S2. The van der Waals surface area contributed by atoms with E-state index in [0.29, 0.717) is 18.2 Å². The minimum Gasteiger partial charge on any atom is -0.467 e. The van der Waals surface area contributed by atoms with Crippen molar-refractivity contribution in [1.29, 1.82) is 0 Å². The number of aromatic nitrogens is 2. The third-order valence-corrected chi connectivity index (χ3v) is 6.67. The van der Waals surface area contributed by atoms with Gasteiger partial charge < -0.3 is 19.5 Å². The van der Waals surface area contributed by atoms with Crippen LogP contribution in [0.25, 0.3) is 0 Å². The van der Waals surface area contributed by atoms with Gasteiger partial charge in [-0.05, 0) is 25.0 Å². The molecule has 0 bridgehead atoms. The summed E-state index contributed by atoms with van der Waals surface area (Å²) in [7, 11) is 0. The molecule has 2 aromatic rings. The SMILES string of the molecule is O=C(CSc1nnc(N2CCN(C(=O)C3CC3)CC2)s1)NCc1ccco1. The Hall–Kier alpha value is -2.07. The summed E-state index contributed by atoms with van der Waals surface area (Å²) >= 11 is 2.87. The van der Waals surface area contributed by atoms with E-state index < -0.39 is 0 Å². The van der Waals surface area contributed by atoms with Crippen LogP contribution in [0.4, 0.5) is 5.13 Å². The Bertz CT molecular complexity index is 782. The minimum atomic E-state index is -0.0691. The second-order valence-corrected chi connectivity index (χ2v) is 8.76. The molecule has 2 fully saturated rings. The Morgan fingerprint density at radius 3 is 2.78 bits per heavy atom. The molecule has 0 radical (unpaired) electrons. The Kier molecular flexibility index (Phi) is 5.63. The molecule has 2 aliphatic rings. The van der Waals surface area contributed by atoms with Crippen molar-refractivity contribution >= 4 is 40.0 Å². The van der Waals surface area contributed by atoms with Crippen molar-refractivity contribution in [3.05, 3.63) is 24.2 Å². The highest BCUT2D eigenvalue weighted by Gasteiger charge is 2.34. The van der Waals surface area contributed by atoms with Gasteiger partial charge in [0.15, 0.2) is 4.34 Å². The summed E-state index contributed by atoms with van der Waals surface area (Å²) in [5.41, 5.74) is 0. The zero-order valence-electron chi connectivity index (χ0n) is 14.8. The van der Waals surface area contributed by atoms with Crippen LogP contribution in [0.5, 0.6) is 0 Å². The Morgan fingerprint density at radius 2 is 2.07 bits per heavy atom. The second-order valence-electron chi connectivity index (χ2n) is 6.58. The molecule has 27 heavy (non-hydrogen) atoms. The highest BCUT2D eigenvalue weighted by atomic mass is 32.2. The van der Waals surface area contributed by atoms with Gasteiger partial charge in [-0.1, -0.05) is 23.1 Å². The Labute approximate surface area is 165 Å². The molecule has 2 amide bonds. The molecule has 1 saturated carbocycles. The van der Waals surface area contributed by atoms with Gasteiger partial charge in [0, 0.05) is 32.1 Å². The van der Waals surface area contributed by atoms with E-state index in [1.54, 1.807) is 12.3 Å². The van der Waals surface area contributed by atoms with Crippen molar-refractivity contribution in [3.8, 4) is 0 Å². The third kappa shape index (κ3) is 4.81. The summed E-state index contributed by atoms with van der Waals surface area (Å²) in [5.74, 6) is 1.54. The molecule has 1 N–H and O–H groups in total. The molecular weight excluding hydrogens is 386 g/mol. The van der Waals surface area contributed by atoms with Crippen molar-refractivity contribution < 1.29 is 14.0 Å². The van der Waals surface area contributed by atoms with Gasteiger partial charge in [0.05, 0.1) is 18.6 Å². The van der Waals surface area contributed by atoms with Crippen LogP contribution in [-0.4, -0.2) is 58.8 Å². The molecule has 2 aromatic heterocycles. The first-order valence-corrected chi connectivity index (χ1v) is 10.8. The number of rotatable bonds is 7. The van der Waals surface area contributed by atoms with E-state index in [9.17, 15) is 9.59 Å². The summed E-state index contributed by atoms with van der Waals surface area (Å²) in [6, 6.07) is 3.61. The minimum absolute atomic E-state index is 0.0691.